The smallest absolute Gasteiger partial charge is 0.224 e. The molecule has 0 aromatic heterocycles. The van der Waals surface area contributed by atoms with Gasteiger partial charge in [-0.15, -0.1) is 0 Å². The maximum absolute atomic E-state index is 12.2. The fourth-order valence-corrected chi connectivity index (χ4v) is 2.61. The number of methoxy groups -OCH3 is 1. The highest BCUT2D eigenvalue weighted by atomic mass is 35.5. The number of hydrogen-bond donors (Lipinski definition) is 1. The van der Waals surface area contributed by atoms with E-state index < -0.39 is 0 Å². The van der Waals surface area contributed by atoms with Crippen LogP contribution in [0.3, 0.4) is 0 Å². The van der Waals surface area contributed by atoms with Gasteiger partial charge in [-0.1, -0.05) is 35.9 Å². The van der Waals surface area contributed by atoms with Crippen molar-refractivity contribution in [1.82, 2.24) is 10.2 Å². The normalized spacial score (nSPS) is 12.0. The molecule has 0 bridgehead atoms. The van der Waals surface area contributed by atoms with Gasteiger partial charge in [-0.2, -0.15) is 0 Å². The van der Waals surface area contributed by atoms with E-state index >= 15 is 0 Å². The van der Waals surface area contributed by atoms with Crippen LogP contribution in [0.15, 0.2) is 48.5 Å². The van der Waals surface area contributed by atoms with E-state index in [-0.39, 0.29) is 11.9 Å². The lowest BCUT2D eigenvalue weighted by Gasteiger charge is -2.25. The van der Waals surface area contributed by atoms with Gasteiger partial charge in [0.05, 0.1) is 19.6 Å². The second-order valence-electron chi connectivity index (χ2n) is 5.86. The minimum absolute atomic E-state index is 0.00214. The maximum Gasteiger partial charge on any atom is 0.224 e. The minimum Gasteiger partial charge on any atom is -0.497 e. The lowest BCUT2D eigenvalue weighted by atomic mass is 10.1. The third-order valence-electron chi connectivity index (χ3n) is 3.89. The summed E-state index contributed by atoms with van der Waals surface area (Å²) < 4.78 is 5.19. The molecule has 24 heavy (non-hydrogen) atoms. The van der Waals surface area contributed by atoms with Gasteiger partial charge in [0.2, 0.25) is 5.91 Å². The Labute approximate surface area is 148 Å². The zero-order valence-corrected chi connectivity index (χ0v) is 15.0. The minimum atomic E-state index is -0.00214. The Morgan fingerprint density at radius 1 is 1.12 bits per heavy atom. The van der Waals surface area contributed by atoms with Crippen LogP contribution >= 0.6 is 11.6 Å². The molecule has 0 saturated heterocycles. The van der Waals surface area contributed by atoms with Gasteiger partial charge in [-0.05, 0) is 49.5 Å². The first-order valence-corrected chi connectivity index (χ1v) is 8.19. The first kappa shape index (κ1) is 18.3. The van der Waals surface area contributed by atoms with Crippen molar-refractivity contribution in [3.63, 3.8) is 0 Å². The van der Waals surface area contributed by atoms with E-state index in [0.717, 1.165) is 16.9 Å². The highest BCUT2D eigenvalue weighted by Gasteiger charge is 2.15. The molecule has 128 valence electrons. The van der Waals surface area contributed by atoms with E-state index in [4.69, 9.17) is 16.3 Å². The lowest BCUT2D eigenvalue weighted by Crippen LogP contribution is -2.35. The summed E-state index contributed by atoms with van der Waals surface area (Å²) in [6, 6.07) is 15.3. The van der Waals surface area contributed by atoms with E-state index in [2.05, 4.69) is 10.2 Å². The maximum atomic E-state index is 12.2. The largest absolute Gasteiger partial charge is 0.497 e. The summed E-state index contributed by atoms with van der Waals surface area (Å²) in [4.78, 5) is 14.3. The number of nitrogens with zero attached hydrogens (tertiary/aromatic N) is 1. The molecular weight excluding hydrogens is 324 g/mol. The summed E-state index contributed by atoms with van der Waals surface area (Å²) in [5.74, 6) is 0.820. The summed E-state index contributed by atoms with van der Waals surface area (Å²) in [5.41, 5.74) is 2.08. The van der Waals surface area contributed by atoms with E-state index in [9.17, 15) is 4.79 Å². The zero-order valence-electron chi connectivity index (χ0n) is 14.3. The summed E-state index contributed by atoms with van der Waals surface area (Å²) >= 11 is 5.86. The molecule has 0 fully saturated rings. The number of amides is 1. The summed E-state index contributed by atoms with van der Waals surface area (Å²) in [5, 5.41) is 3.68. The molecule has 2 rings (SSSR count). The third kappa shape index (κ3) is 5.25. The molecule has 2 aromatic rings. The number of carbonyl (C=O) groups is 1. The fraction of sp³-hybridized carbons (Fsp3) is 0.316. The first-order valence-electron chi connectivity index (χ1n) is 7.81. The summed E-state index contributed by atoms with van der Waals surface area (Å²) in [7, 11) is 5.65. The van der Waals surface area contributed by atoms with Gasteiger partial charge in [0, 0.05) is 11.6 Å². The molecule has 0 aliphatic heterocycles. The van der Waals surface area contributed by atoms with Crippen LogP contribution in [0.25, 0.3) is 0 Å². The Morgan fingerprint density at radius 3 is 2.29 bits per heavy atom. The number of ether oxygens (including phenoxy) is 1. The summed E-state index contributed by atoms with van der Waals surface area (Å²) in [6.45, 7) is 0.547. The van der Waals surface area contributed by atoms with Crippen molar-refractivity contribution in [2.75, 3.05) is 27.7 Å². The second-order valence-corrected chi connectivity index (χ2v) is 6.30. The molecule has 0 spiro atoms. The van der Waals surface area contributed by atoms with Crippen molar-refractivity contribution < 1.29 is 9.53 Å². The molecule has 1 atom stereocenters. The van der Waals surface area contributed by atoms with Crippen LogP contribution in [-0.2, 0) is 11.2 Å². The van der Waals surface area contributed by atoms with Crippen LogP contribution in [0, 0.1) is 0 Å². The van der Waals surface area contributed by atoms with Crippen molar-refractivity contribution >= 4 is 17.5 Å². The Balaban J connectivity index is 1.95. The monoisotopic (exact) mass is 346 g/mol. The van der Waals surface area contributed by atoms with Crippen molar-refractivity contribution in [3.05, 3.63) is 64.7 Å². The molecule has 1 unspecified atom stereocenters. The van der Waals surface area contributed by atoms with Crippen LogP contribution in [0.4, 0.5) is 0 Å². The standard InChI is InChI=1S/C19H23ClN2O2/c1-22(2)18(15-6-10-17(24-3)11-7-15)13-21-19(23)12-14-4-8-16(20)9-5-14/h4-11,18H,12-13H2,1-3H3,(H,21,23). The number of halogens is 1. The average molecular weight is 347 g/mol. The Kier molecular flexibility index (Phi) is 6.64. The van der Waals surface area contributed by atoms with Gasteiger partial charge in [-0.25, -0.2) is 0 Å². The number of likely N-dealkylation sites (N-methyl/N-ethyl adjacent to an activating group) is 1. The summed E-state index contributed by atoms with van der Waals surface area (Å²) in [6.07, 6.45) is 0.347. The SMILES string of the molecule is COc1ccc(C(CNC(=O)Cc2ccc(Cl)cc2)N(C)C)cc1. The molecule has 0 heterocycles. The highest BCUT2D eigenvalue weighted by Crippen LogP contribution is 2.20. The van der Waals surface area contributed by atoms with Crippen molar-refractivity contribution in [2.24, 2.45) is 0 Å². The van der Waals surface area contributed by atoms with E-state index in [0.29, 0.717) is 18.0 Å². The van der Waals surface area contributed by atoms with Crippen molar-refractivity contribution in [2.45, 2.75) is 12.5 Å². The van der Waals surface area contributed by atoms with Gasteiger partial charge in [-0.3, -0.25) is 4.79 Å². The van der Waals surface area contributed by atoms with Crippen LogP contribution < -0.4 is 10.1 Å². The number of nitrogens with one attached hydrogen (secondary N) is 1. The van der Waals surface area contributed by atoms with Crippen molar-refractivity contribution in [3.8, 4) is 5.75 Å². The van der Waals surface area contributed by atoms with Gasteiger partial charge in [0.15, 0.2) is 0 Å². The molecule has 2 aromatic carbocycles. The van der Waals surface area contributed by atoms with Crippen LogP contribution in [0.2, 0.25) is 5.02 Å². The number of carbonyl (C=O) groups excluding carboxylic acids is 1. The lowest BCUT2D eigenvalue weighted by molar-refractivity contribution is -0.120. The van der Waals surface area contributed by atoms with Gasteiger partial charge in [0.25, 0.3) is 0 Å². The van der Waals surface area contributed by atoms with Crippen LogP contribution in [0.5, 0.6) is 5.75 Å². The van der Waals surface area contributed by atoms with Gasteiger partial charge in [0.1, 0.15) is 5.75 Å². The van der Waals surface area contributed by atoms with Gasteiger partial charge < -0.3 is 15.0 Å². The molecule has 0 aliphatic rings. The highest BCUT2D eigenvalue weighted by molar-refractivity contribution is 6.30. The molecule has 0 aliphatic carbocycles. The van der Waals surface area contributed by atoms with Gasteiger partial charge >= 0.3 is 0 Å². The number of benzene rings is 2. The number of rotatable bonds is 7. The topological polar surface area (TPSA) is 41.6 Å². The Hall–Kier alpha value is -2.04. The van der Waals surface area contributed by atoms with Crippen LogP contribution in [-0.4, -0.2) is 38.6 Å². The molecule has 5 heteroatoms. The van der Waals surface area contributed by atoms with Crippen molar-refractivity contribution in [1.29, 1.82) is 0 Å². The third-order valence-corrected chi connectivity index (χ3v) is 4.15. The zero-order chi connectivity index (χ0) is 17.5. The molecule has 1 N–H and O–H groups in total. The quantitative estimate of drug-likeness (QED) is 0.836. The Bertz CT molecular complexity index is 654. The fourth-order valence-electron chi connectivity index (χ4n) is 2.49. The predicted octanol–water partition coefficient (Wildman–Crippen LogP) is 3.31. The molecular formula is C19H23ClN2O2. The van der Waals surface area contributed by atoms with E-state index in [1.165, 1.54) is 0 Å². The Morgan fingerprint density at radius 2 is 1.75 bits per heavy atom. The molecule has 0 radical (unpaired) electrons. The molecule has 1 amide bonds. The number of hydrogen-bond acceptors (Lipinski definition) is 3. The van der Waals surface area contributed by atoms with Crippen LogP contribution in [0.1, 0.15) is 17.2 Å². The molecule has 0 saturated carbocycles. The predicted molar refractivity (Wildman–Crippen MR) is 97.6 cm³/mol. The van der Waals surface area contributed by atoms with E-state index in [1.54, 1.807) is 19.2 Å². The average Bonchev–Trinajstić information content (AvgIpc) is 2.57. The first-order chi connectivity index (χ1) is 11.5. The second kappa shape index (κ2) is 8.71. The van der Waals surface area contributed by atoms with E-state index in [1.807, 2.05) is 50.5 Å². The molecule has 4 nitrogen and oxygen atoms in total.